The van der Waals surface area contributed by atoms with Crippen molar-refractivity contribution in [2.45, 2.75) is 50.1 Å². The first-order valence-corrected chi connectivity index (χ1v) is 8.61. The van der Waals surface area contributed by atoms with Crippen LogP contribution in [0, 0.1) is 6.92 Å². The predicted molar refractivity (Wildman–Crippen MR) is 82.2 cm³/mol. The molecule has 0 bridgehead atoms. The molecule has 0 aliphatic heterocycles. The first-order valence-electron chi connectivity index (χ1n) is 6.40. The van der Waals surface area contributed by atoms with E-state index in [0.717, 1.165) is 30.2 Å². The van der Waals surface area contributed by atoms with Gasteiger partial charge in [-0.2, -0.15) is 11.8 Å². The summed E-state index contributed by atoms with van der Waals surface area (Å²) >= 11 is 3.17. The van der Waals surface area contributed by atoms with Gasteiger partial charge in [0.15, 0.2) is 5.16 Å². The number of aliphatic carboxylic acids is 1. The van der Waals surface area contributed by atoms with Gasteiger partial charge in [0.25, 0.3) is 0 Å². The highest BCUT2D eigenvalue weighted by molar-refractivity contribution is 8.00. The molecule has 1 N–H and O–H groups in total. The summed E-state index contributed by atoms with van der Waals surface area (Å²) in [5.41, 5.74) is 1.09. The average Bonchev–Trinajstić information content (AvgIpc) is 2.74. The topological polar surface area (TPSA) is 55.1 Å². The van der Waals surface area contributed by atoms with E-state index in [4.69, 9.17) is 5.11 Å². The van der Waals surface area contributed by atoms with Crippen molar-refractivity contribution < 1.29 is 9.90 Å². The lowest BCUT2D eigenvalue weighted by atomic mass is 10.0. The highest BCUT2D eigenvalue weighted by Gasteiger charge is 2.27. The van der Waals surface area contributed by atoms with E-state index in [-0.39, 0.29) is 10.5 Å². The number of carboxylic acid groups (broad SMARTS) is 1. The third kappa shape index (κ3) is 4.18. The van der Waals surface area contributed by atoms with Gasteiger partial charge in [-0.05, 0) is 26.0 Å². The Morgan fingerprint density at radius 3 is 2.58 bits per heavy atom. The smallest absolute Gasteiger partial charge is 0.313 e. The summed E-state index contributed by atoms with van der Waals surface area (Å²) < 4.78 is 2.35. The lowest BCUT2D eigenvalue weighted by Crippen LogP contribution is -2.29. The van der Waals surface area contributed by atoms with Crippen molar-refractivity contribution in [2.75, 3.05) is 12.0 Å². The largest absolute Gasteiger partial charge is 0.481 e. The van der Waals surface area contributed by atoms with Crippen molar-refractivity contribution in [1.29, 1.82) is 0 Å². The highest BCUT2D eigenvalue weighted by atomic mass is 32.2. The van der Waals surface area contributed by atoms with E-state index in [9.17, 15) is 4.79 Å². The van der Waals surface area contributed by atoms with Crippen LogP contribution in [0.1, 0.15) is 32.4 Å². The number of aromatic nitrogens is 2. The monoisotopic (exact) mass is 302 g/mol. The van der Waals surface area contributed by atoms with Crippen LogP contribution >= 0.6 is 23.5 Å². The third-order valence-electron chi connectivity index (χ3n) is 3.51. The normalized spacial score (nSPS) is 11.8. The second-order valence-electron chi connectivity index (χ2n) is 4.54. The molecule has 0 aliphatic carbocycles. The van der Waals surface area contributed by atoms with Gasteiger partial charge in [0, 0.05) is 23.2 Å². The lowest BCUT2D eigenvalue weighted by Gasteiger charge is -2.31. The standard InChI is InChI=1S/C13H22N2O2S2/c1-5-13(6-2,18-4)9-15-10(3)7-14-12(15)19-8-11(16)17/h7H,5-6,8-9H2,1-4H3,(H,16,17). The summed E-state index contributed by atoms with van der Waals surface area (Å²) in [6.45, 7) is 7.32. The average molecular weight is 302 g/mol. The molecule has 1 aromatic rings. The van der Waals surface area contributed by atoms with E-state index in [2.05, 4.69) is 29.7 Å². The Kier molecular flexibility index (Phi) is 6.26. The molecule has 0 aliphatic rings. The number of carboxylic acids is 1. The summed E-state index contributed by atoms with van der Waals surface area (Å²) in [6, 6.07) is 0. The number of hydrogen-bond donors (Lipinski definition) is 1. The molecule has 6 heteroatoms. The number of thioether (sulfide) groups is 2. The maximum atomic E-state index is 10.7. The predicted octanol–water partition coefficient (Wildman–Crippen LogP) is 3.29. The molecule has 0 amide bonds. The van der Waals surface area contributed by atoms with Gasteiger partial charge >= 0.3 is 5.97 Å². The van der Waals surface area contributed by atoms with Gasteiger partial charge in [-0.1, -0.05) is 25.6 Å². The Hall–Kier alpha value is -0.620. The fraction of sp³-hybridized carbons (Fsp3) is 0.692. The molecule has 0 radical (unpaired) electrons. The third-order valence-corrected chi connectivity index (χ3v) is 6.06. The maximum Gasteiger partial charge on any atom is 0.313 e. The molecular formula is C13H22N2O2S2. The van der Waals surface area contributed by atoms with Crippen LogP contribution in [-0.2, 0) is 11.3 Å². The number of imidazole rings is 1. The number of aryl methyl sites for hydroxylation is 1. The van der Waals surface area contributed by atoms with Gasteiger partial charge in [-0.3, -0.25) is 4.79 Å². The van der Waals surface area contributed by atoms with Gasteiger partial charge in [-0.15, -0.1) is 0 Å². The molecule has 0 saturated heterocycles. The number of carbonyl (C=O) groups is 1. The van der Waals surface area contributed by atoms with E-state index in [0.29, 0.717) is 0 Å². The summed E-state index contributed by atoms with van der Waals surface area (Å²) in [5, 5.41) is 9.59. The van der Waals surface area contributed by atoms with E-state index < -0.39 is 5.97 Å². The first kappa shape index (κ1) is 16.4. The van der Waals surface area contributed by atoms with Crippen molar-refractivity contribution in [3.05, 3.63) is 11.9 Å². The number of rotatable bonds is 8. The van der Waals surface area contributed by atoms with Crippen LogP contribution in [0.3, 0.4) is 0 Å². The SMILES string of the molecule is CCC(CC)(Cn1c(C)cnc1SCC(=O)O)SC. The fourth-order valence-corrected chi connectivity index (χ4v) is 3.57. The minimum Gasteiger partial charge on any atom is -0.481 e. The Labute approximate surface area is 123 Å². The van der Waals surface area contributed by atoms with Crippen LogP contribution in [0.5, 0.6) is 0 Å². The Balaban J connectivity index is 2.92. The summed E-state index contributed by atoms with van der Waals surface area (Å²) in [7, 11) is 0. The molecule has 4 nitrogen and oxygen atoms in total. The second-order valence-corrected chi connectivity index (χ2v) is 6.76. The molecule has 0 atom stereocenters. The molecule has 19 heavy (non-hydrogen) atoms. The maximum absolute atomic E-state index is 10.7. The highest BCUT2D eigenvalue weighted by Crippen LogP contribution is 2.34. The Bertz CT molecular complexity index is 420. The summed E-state index contributed by atoms with van der Waals surface area (Å²) in [6.07, 6.45) is 6.14. The van der Waals surface area contributed by atoms with Crippen LogP contribution in [-0.4, -0.2) is 37.4 Å². The van der Waals surface area contributed by atoms with Crippen molar-refractivity contribution in [1.82, 2.24) is 9.55 Å². The molecule has 108 valence electrons. The Morgan fingerprint density at radius 2 is 2.11 bits per heavy atom. The second kappa shape index (κ2) is 7.24. The lowest BCUT2D eigenvalue weighted by molar-refractivity contribution is -0.133. The molecule has 0 spiro atoms. The minimum atomic E-state index is -0.806. The zero-order valence-electron chi connectivity index (χ0n) is 12.0. The molecule has 1 aromatic heterocycles. The number of hydrogen-bond acceptors (Lipinski definition) is 4. The molecule has 0 saturated carbocycles. The number of nitrogens with zero attached hydrogens (tertiary/aromatic N) is 2. The molecule has 0 unspecified atom stereocenters. The van der Waals surface area contributed by atoms with Crippen molar-refractivity contribution >= 4 is 29.5 Å². The zero-order valence-corrected chi connectivity index (χ0v) is 13.6. The molecule has 0 aromatic carbocycles. The molecule has 0 fully saturated rings. The van der Waals surface area contributed by atoms with E-state index in [1.165, 1.54) is 11.8 Å². The van der Waals surface area contributed by atoms with Gasteiger partial charge in [0.1, 0.15) is 0 Å². The molecule has 1 heterocycles. The van der Waals surface area contributed by atoms with Crippen LogP contribution < -0.4 is 0 Å². The van der Waals surface area contributed by atoms with Crippen LogP contribution in [0.25, 0.3) is 0 Å². The Morgan fingerprint density at radius 1 is 1.47 bits per heavy atom. The van der Waals surface area contributed by atoms with Crippen molar-refractivity contribution in [2.24, 2.45) is 0 Å². The van der Waals surface area contributed by atoms with Crippen LogP contribution in [0.4, 0.5) is 0 Å². The zero-order chi connectivity index (χ0) is 14.5. The van der Waals surface area contributed by atoms with Crippen LogP contribution in [0.2, 0.25) is 0 Å². The van der Waals surface area contributed by atoms with Crippen LogP contribution in [0.15, 0.2) is 11.4 Å². The quantitative estimate of drug-likeness (QED) is 0.747. The van der Waals surface area contributed by atoms with E-state index in [1.54, 1.807) is 0 Å². The minimum absolute atomic E-state index is 0.0565. The summed E-state index contributed by atoms with van der Waals surface area (Å²) in [5.74, 6) is -0.750. The van der Waals surface area contributed by atoms with Crippen molar-refractivity contribution in [3.63, 3.8) is 0 Å². The molecular weight excluding hydrogens is 280 g/mol. The molecule has 1 rings (SSSR count). The van der Waals surface area contributed by atoms with Gasteiger partial charge in [-0.25, -0.2) is 4.98 Å². The van der Waals surface area contributed by atoms with Gasteiger partial charge < -0.3 is 9.67 Å². The first-order chi connectivity index (χ1) is 8.98. The van der Waals surface area contributed by atoms with Crippen molar-refractivity contribution in [3.8, 4) is 0 Å². The fourth-order valence-electron chi connectivity index (χ4n) is 1.99. The van der Waals surface area contributed by atoms with Gasteiger partial charge in [0.05, 0.1) is 5.75 Å². The van der Waals surface area contributed by atoms with E-state index in [1.807, 2.05) is 24.9 Å². The van der Waals surface area contributed by atoms with E-state index >= 15 is 0 Å². The van der Waals surface area contributed by atoms with Gasteiger partial charge in [0.2, 0.25) is 0 Å². The summed E-state index contributed by atoms with van der Waals surface area (Å²) in [4.78, 5) is 15.0.